The van der Waals surface area contributed by atoms with E-state index in [9.17, 15) is 4.79 Å². The van der Waals surface area contributed by atoms with Gasteiger partial charge in [-0.25, -0.2) is 9.97 Å². The molecule has 0 saturated carbocycles. The number of pyridine rings is 1. The quantitative estimate of drug-likeness (QED) is 0.863. The normalized spacial score (nSPS) is 21.4. The van der Waals surface area contributed by atoms with Crippen LogP contribution >= 0.6 is 0 Å². The van der Waals surface area contributed by atoms with Gasteiger partial charge in [0.2, 0.25) is 5.91 Å². The van der Waals surface area contributed by atoms with Gasteiger partial charge in [-0.3, -0.25) is 9.36 Å². The van der Waals surface area contributed by atoms with E-state index in [0.29, 0.717) is 24.5 Å². The zero-order valence-corrected chi connectivity index (χ0v) is 11.7. The summed E-state index contributed by atoms with van der Waals surface area (Å²) >= 11 is 0. The van der Waals surface area contributed by atoms with Crippen LogP contribution in [0.5, 0.6) is 0 Å². The summed E-state index contributed by atoms with van der Waals surface area (Å²) in [5, 5.41) is 2.85. The summed E-state index contributed by atoms with van der Waals surface area (Å²) in [6.07, 6.45) is 5.66. The molecule has 3 N–H and O–H groups in total. The van der Waals surface area contributed by atoms with Crippen molar-refractivity contribution in [2.24, 2.45) is 5.73 Å². The second kappa shape index (κ2) is 5.27. The first-order chi connectivity index (χ1) is 10.1. The first kappa shape index (κ1) is 13.7. The van der Waals surface area contributed by atoms with E-state index in [1.165, 1.54) is 0 Å². The Morgan fingerprint density at radius 3 is 3.00 bits per heavy atom. The van der Waals surface area contributed by atoms with Crippen LogP contribution in [0.15, 0.2) is 30.7 Å². The van der Waals surface area contributed by atoms with E-state index in [2.05, 4.69) is 15.3 Å². The molecule has 1 fully saturated rings. The van der Waals surface area contributed by atoms with E-state index in [1.54, 1.807) is 30.7 Å². The molecule has 0 radical (unpaired) electrons. The minimum Gasteiger partial charge on any atom is -0.379 e. The Kier molecular flexibility index (Phi) is 3.44. The van der Waals surface area contributed by atoms with Crippen LogP contribution in [0.2, 0.25) is 0 Å². The summed E-state index contributed by atoms with van der Waals surface area (Å²) < 4.78 is 7.03. The number of carbonyl (C=O) groups is 1. The number of hydrogen-bond donors (Lipinski definition) is 2. The third kappa shape index (κ3) is 2.53. The number of imidazole rings is 1. The fraction of sp³-hybridized carbons (Fsp3) is 0.357. The molecule has 0 bridgehead atoms. The highest BCUT2D eigenvalue weighted by molar-refractivity contribution is 5.99. The molecule has 1 aliphatic rings. The van der Waals surface area contributed by atoms with E-state index in [4.69, 9.17) is 10.5 Å². The van der Waals surface area contributed by atoms with Crippen molar-refractivity contribution in [2.45, 2.75) is 18.9 Å². The van der Waals surface area contributed by atoms with E-state index < -0.39 is 5.54 Å². The van der Waals surface area contributed by atoms with Crippen LogP contribution in [-0.2, 0) is 9.53 Å². The average molecular weight is 287 g/mol. The van der Waals surface area contributed by atoms with Crippen LogP contribution < -0.4 is 11.1 Å². The van der Waals surface area contributed by atoms with Gasteiger partial charge in [-0.1, -0.05) is 0 Å². The molecule has 0 aliphatic carbocycles. The Bertz CT molecular complexity index is 661. The number of aromatic nitrogens is 3. The lowest BCUT2D eigenvalue weighted by molar-refractivity contribution is -0.121. The number of aryl methyl sites for hydroxylation is 1. The predicted octanol–water partition coefficient (Wildman–Crippen LogP) is 0.632. The fourth-order valence-electron chi connectivity index (χ4n) is 2.29. The van der Waals surface area contributed by atoms with Gasteiger partial charge in [-0.2, -0.15) is 0 Å². The maximum Gasteiger partial charge on any atom is 0.247 e. The number of rotatable bonds is 3. The van der Waals surface area contributed by atoms with Gasteiger partial charge in [0.15, 0.2) is 5.82 Å². The zero-order valence-electron chi connectivity index (χ0n) is 11.7. The highest BCUT2D eigenvalue weighted by Crippen LogP contribution is 2.22. The van der Waals surface area contributed by atoms with Gasteiger partial charge >= 0.3 is 0 Å². The molecule has 7 heteroatoms. The van der Waals surface area contributed by atoms with Gasteiger partial charge in [-0.15, -0.1) is 0 Å². The molecule has 1 unspecified atom stereocenters. The third-order valence-corrected chi connectivity index (χ3v) is 3.59. The predicted molar refractivity (Wildman–Crippen MR) is 77.1 cm³/mol. The SMILES string of the molecule is Cc1nccn1-c1ncccc1NC(=O)C1(N)CCOC1. The Hall–Kier alpha value is -2.25. The first-order valence-electron chi connectivity index (χ1n) is 6.73. The van der Waals surface area contributed by atoms with Gasteiger partial charge in [0.1, 0.15) is 11.4 Å². The summed E-state index contributed by atoms with van der Waals surface area (Å²) in [5.74, 6) is 1.14. The molecule has 1 saturated heterocycles. The van der Waals surface area contributed by atoms with E-state index >= 15 is 0 Å². The fourth-order valence-corrected chi connectivity index (χ4v) is 2.29. The minimum atomic E-state index is -0.975. The van der Waals surface area contributed by atoms with Crippen molar-refractivity contribution in [1.82, 2.24) is 14.5 Å². The van der Waals surface area contributed by atoms with Gasteiger partial charge < -0.3 is 15.8 Å². The molecular formula is C14H17N5O2. The number of nitrogens with two attached hydrogens (primary N) is 1. The van der Waals surface area contributed by atoms with Crippen molar-refractivity contribution in [2.75, 3.05) is 18.5 Å². The molecular weight excluding hydrogens is 270 g/mol. The lowest BCUT2D eigenvalue weighted by atomic mass is 9.99. The maximum absolute atomic E-state index is 12.4. The molecule has 110 valence electrons. The van der Waals surface area contributed by atoms with Crippen molar-refractivity contribution in [3.05, 3.63) is 36.5 Å². The molecule has 2 aromatic heterocycles. The molecule has 1 aliphatic heterocycles. The average Bonchev–Trinajstić information content (AvgIpc) is 3.09. The Balaban J connectivity index is 1.90. The second-order valence-electron chi connectivity index (χ2n) is 5.13. The van der Waals surface area contributed by atoms with Crippen molar-refractivity contribution < 1.29 is 9.53 Å². The second-order valence-corrected chi connectivity index (χ2v) is 5.13. The van der Waals surface area contributed by atoms with Crippen LogP contribution in [0.1, 0.15) is 12.2 Å². The Morgan fingerprint density at radius 2 is 2.33 bits per heavy atom. The van der Waals surface area contributed by atoms with E-state index in [-0.39, 0.29) is 12.5 Å². The highest BCUT2D eigenvalue weighted by Gasteiger charge is 2.38. The lowest BCUT2D eigenvalue weighted by Crippen LogP contribution is -2.51. The number of ether oxygens (including phenoxy) is 1. The van der Waals surface area contributed by atoms with Gasteiger partial charge in [0, 0.05) is 25.2 Å². The van der Waals surface area contributed by atoms with E-state index in [0.717, 1.165) is 5.82 Å². The standard InChI is InChI=1S/C14H17N5O2/c1-10-16-6-7-19(10)12-11(3-2-5-17-12)18-13(20)14(15)4-8-21-9-14/h2-3,5-7H,4,8-9,15H2,1H3,(H,18,20). The molecule has 1 atom stereocenters. The smallest absolute Gasteiger partial charge is 0.247 e. The van der Waals surface area contributed by atoms with Crippen LogP contribution in [0, 0.1) is 6.92 Å². The van der Waals surface area contributed by atoms with Crippen molar-refractivity contribution in [1.29, 1.82) is 0 Å². The molecule has 7 nitrogen and oxygen atoms in total. The monoisotopic (exact) mass is 287 g/mol. The molecule has 0 spiro atoms. The number of amides is 1. The number of hydrogen-bond acceptors (Lipinski definition) is 5. The van der Waals surface area contributed by atoms with Crippen molar-refractivity contribution >= 4 is 11.6 Å². The molecule has 21 heavy (non-hydrogen) atoms. The molecule has 3 rings (SSSR count). The topological polar surface area (TPSA) is 95.1 Å². The van der Waals surface area contributed by atoms with Crippen LogP contribution in [0.3, 0.4) is 0 Å². The van der Waals surface area contributed by atoms with Crippen molar-refractivity contribution in [3.8, 4) is 5.82 Å². The number of nitrogens with zero attached hydrogens (tertiary/aromatic N) is 3. The lowest BCUT2D eigenvalue weighted by Gasteiger charge is -2.21. The first-order valence-corrected chi connectivity index (χ1v) is 6.73. The largest absolute Gasteiger partial charge is 0.379 e. The third-order valence-electron chi connectivity index (χ3n) is 3.59. The van der Waals surface area contributed by atoms with Crippen LogP contribution in [0.4, 0.5) is 5.69 Å². The van der Waals surface area contributed by atoms with Gasteiger partial charge in [-0.05, 0) is 25.5 Å². The molecule has 3 heterocycles. The van der Waals surface area contributed by atoms with E-state index in [1.807, 2.05) is 11.5 Å². The summed E-state index contributed by atoms with van der Waals surface area (Å²) in [6.45, 7) is 2.61. The maximum atomic E-state index is 12.4. The number of nitrogens with one attached hydrogen (secondary N) is 1. The number of carbonyl (C=O) groups excluding carboxylic acids is 1. The van der Waals surface area contributed by atoms with Crippen LogP contribution in [-0.4, -0.2) is 39.2 Å². The molecule has 0 aromatic carbocycles. The molecule has 1 amide bonds. The Labute approximate surface area is 122 Å². The summed E-state index contributed by atoms with van der Waals surface area (Å²) in [6, 6.07) is 3.55. The van der Waals surface area contributed by atoms with Crippen molar-refractivity contribution in [3.63, 3.8) is 0 Å². The highest BCUT2D eigenvalue weighted by atomic mass is 16.5. The van der Waals surface area contributed by atoms with Gasteiger partial charge in [0.25, 0.3) is 0 Å². The summed E-state index contributed by atoms with van der Waals surface area (Å²) in [4.78, 5) is 20.9. The van der Waals surface area contributed by atoms with Gasteiger partial charge in [0.05, 0.1) is 12.3 Å². The minimum absolute atomic E-state index is 0.235. The summed E-state index contributed by atoms with van der Waals surface area (Å²) in [5.41, 5.74) is 5.69. The van der Waals surface area contributed by atoms with Crippen LogP contribution in [0.25, 0.3) is 5.82 Å². The zero-order chi connectivity index (χ0) is 14.9. The number of anilines is 1. The Morgan fingerprint density at radius 1 is 1.48 bits per heavy atom. The summed E-state index contributed by atoms with van der Waals surface area (Å²) in [7, 11) is 0. The molecule has 2 aromatic rings.